The minimum Gasteiger partial charge on any atom is -0.439 e. The van der Waals surface area contributed by atoms with Crippen LogP contribution in [-0.4, -0.2) is 11.0 Å². The third kappa shape index (κ3) is 3.36. The van der Waals surface area contributed by atoms with Gasteiger partial charge in [0.25, 0.3) is 0 Å². The van der Waals surface area contributed by atoms with Gasteiger partial charge >= 0.3 is 0 Å². The highest BCUT2D eigenvalue weighted by Gasteiger charge is 2.19. The molecule has 3 heteroatoms. The second-order valence-corrected chi connectivity index (χ2v) is 5.22. The lowest BCUT2D eigenvalue weighted by Crippen LogP contribution is -2.15. The Morgan fingerprint density at radius 1 is 1.20 bits per heavy atom. The first-order valence-electron chi connectivity index (χ1n) is 7.29. The molecular formula is C17H20N2O. The number of rotatable bonds is 6. The number of para-hydroxylation sites is 1. The number of aryl methyl sites for hydroxylation is 1. The normalized spacial score (nSPS) is 14.2. The average molecular weight is 268 g/mol. The number of hydrogen-bond acceptors (Lipinski definition) is 3. The topological polar surface area (TPSA) is 34.1 Å². The van der Waals surface area contributed by atoms with E-state index in [1.807, 2.05) is 30.5 Å². The Balaban J connectivity index is 1.64. The lowest BCUT2D eigenvalue weighted by atomic mass is 10.1. The van der Waals surface area contributed by atoms with Crippen molar-refractivity contribution < 1.29 is 4.74 Å². The van der Waals surface area contributed by atoms with Crippen LogP contribution in [0.5, 0.6) is 11.6 Å². The summed E-state index contributed by atoms with van der Waals surface area (Å²) in [6, 6.07) is 12.8. The summed E-state index contributed by atoms with van der Waals surface area (Å²) in [5.41, 5.74) is 2.40. The van der Waals surface area contributed by atoms with Crippen molar-refractivity contribution >= 4 is 0 Å². The van der Waals surface area contributed by atoms with Crippen molar-refractivity contribution in [2.24, 2.45) is 0 Å². The van der Waals surface area contributed by atoms with Crippen LogP contribution in [0, 0.1) is 0 Å². The van der Waals surface area contributed by atoms with Gasteiger partial charge in [0.15, 0.2) is 0 Å². The highest BCUT2D eigenvalue weighted by molar-refractivity contribution is 5.36. The number of aromatic nitrogens is 1. The molecule has 0 bridgehead atoms. The van der Waals surface area contributed by atoms with E-state index < -0.39 is 0 Å². The van der Waals surface area contributed by atoms with Crippen LogP contribution in [-0.2, 0) is 13.0 Å². The van der Waals surface area contributed by atoms with Gasteiger partial charge in [-0.05, 0) is 36.5 Å². The van der Waals surface area contributed by atoms with Gasteiger partial charge in [0.1, 0.15) is 5.75 Å². The molecule has 0 atom stereocenters. The molecule has 0 amide bonds. The van der Waals surface area contributed by atoms with Gasteiger partial charge in [-0.25, -0.2) is 4.98 Å². The average Bonchev–Trinajstić information content (AvgIpc) is 3.31. The Kier molecular flexibility index (Phi) is 3.97. The molecule has 3 rings (SSSR count). The number of benzene rings is 1. The second-order valence-electron chi connectivity index (χ2n) is 5.22. The van der Waals surface area contributed by atoms with E-state index in [0.717, 1.165) is 24.8 Å². The van der Waals surface area contributed by atoms with E-state index in [1.165, 1.54) is 24.0 Å². The monoisotopic (exact) mass is 268 g/mol. The molecule has 1 aliphatic carbocycles. The number of pyridine rings is 1. The quantitative estimate of drug-likeness (QED) is 0.867. The van der Waals surface area contributed by atoms with Crippen molar-refractivity contribution in [1.82, 2.24) is 10.3 Å². The molecule has 20 heavy (non-hydrogen) atoms. The zero-order valence-electron chi connectivity index (χ0n) is 11.8. The van der Waals surface area contributed by atoms with Gasteiger partial charge in [-0.1, -0.05) is 31.2 Å². The third-order valence-corrected chi connectivity index (χ3v) is 3.54. The molecule has 1 saturated carbocycles. The predicted molar refractivity (Wildman–Crippen MR) is 80.0 cm³/mol. The molecule has 1 heterocycles. The van der Waals surface area contributed by atoms with Crippen molar-refractivity contribution in [2.45, 2.75) is 38.8 Å². The molecular weight excluding hydrogens is 248 g/mol. The van der Waals surface area contributed by atoms with Gasteiger partial charge in [-0.15, -0.1) is 0 Å². The number of hydrogen-bond donors (Lipinski definition) is 1. The van der Waals surface area contributed by atoms with E-state index in [2.05, 4.69) is 29.4 Å². The fraction of sp³-hybridized carbons (Fsp3) is 0.353. The Hall–Kier alpha value is -1.87. The molecule has 1 aliphatic rings. The Bertz CT molecular complexity index is 561. The van der Waals surface area contributed by atoms with Gasteiger partial charge < -0.3 is 10.1 Å². The van der Waals surface area contributed by atoms with E-state index in [-0.39, 0.29) is 0 Å². The van der Waals surface area contributed by atoms with Crippen LogP contribution in [0.2, 0.25) is 0 Å². The maximum Gasteiger partial charge on any atom is 0.219 e. The van der Waals surface area contributed by atoms with Crippen molar-refractivity contribution in [3.05, 3.63) is 53.7 Å². The first-order valence-corrected chi connectivity index (χ1v) is 7.29. The largest absolute Gasteiger partial charge is 0.439 e. The SMILES string of the molecule is CCc1ccccc1Oc1ccc(CNC2CC2)cn1. The fourth-order valence-electron chi connectivity index (χ4n) is 2.13. The fourth-order valence-corrected chi connectivity index (χ4v) is 2.13. The molecule has 0 unspecified atom stereocenters. The number of ether oxygens (including phenoxy) is 1. The molecule has 1 aromatic heterocycles. The Morgan fingerprint density at radius 3 is 2.75 bits per heavy atom. The smallest absolute Gasteiger partial charge is 0.219 e. The van der Waals surface area contributed by atoms with Crippen LogP contribution in [0.4, 0.5) is 0 Å². The van der Waals surface area contributed by atoms with E-state index in [0.29, 0.717) is 5.88 Å². The molecule has 1 aromatic carbocycles. The first-order chi connectivity index (χ1) is 9.85. The van der Waals surface area contributed by atoms with Crippen molar-refractivity contribution in [2.75, 3.05) is 0 Å². The van der Waals surface area contributed by atoms with Gasteiger partial charge in [-0.2, -0.15) is 0 Å². The van der Waals surface area contributed by atoms with Crippen LogP contribution < -0.4 is 10.1 Å². The highest BCUT2D eigenvalue weighted by Crippen LogP contribution is 2.24. The van der Waals surface area contributed by atoms with Crippen molar-refractivity contribution in [1.29, 1.82) is 0 Å². The summed E-state index contributed by atoms with van der Waals surface area (Å²) in [6.07, 6.45) is 5.46. The summed E-state index contributed by atoms with van der Waals surface area (Å²) >= 11 is 0. The van der Waals surface area contributed by atoms with Crippen molar-refractivity contribution in [3.63, 3.8) is 0 Å². The molecule has 104 valence electrons. The van der Waals surface area contributed by atoms with Gasteiger partial charge in [0.2, 0.25) is 5.88 Å². The number of nitrogens with one attached hydrogen (secondary N) is 1. The Labute approximate surface area is 120 Å². The molecule has 0 aliphatic heterocycles. The van der Waals surface area contributed by atoms with Crippen LogP contribution in [0.3, 0.4) is 0 Å². The first kappa shape index (κ1) is 13.1. The van der Waals surface area contributed by atoms with E-state index in [4.69, 9.17) is 4.74 Å². The minimum absolute atomic E-state index is 0.654. The zero-order chi connectivity index (χ0) is 13.8. The summed E-state index contributed by atoms with van der Waals surface area (Å²) in [6.45, 7) is 3.02. The van der Waals surface area contributed by atoms with E-state index in [1.54, 1.807) is 0 Å². The van der Waals surface area contributed by atoms with Crippen LogP contribution in [0.1, 0.15) is 30.9 Å². The molecule has 1 fully saturated rings. The predicted octanol–water partition coefficient (Wildman–Crippen LogP) is 3.69. The minimum atomic E-state index is 0.654. The highest BCUT2D eigenvalue weighted by atomic mass is 16.5. The lowest BCUT2D eigenvalue weighted by Gasteiger charge is -2.09. The molecule has 1 N–H and O–H groups in total. The second kappa shape index (κ2) is 6.06. The zero-order valence-corrected chi connectivity index (χ0v) is 11.8. The molecule has 2 aromatic rings. The van der Waals surface area contributed by atoms with Gasteiger partial charge in [-0.3, -0.25) is 0 Å². The van der Waals surface area contributed by atoms with Crippen molar-refractivity contribution in [3.8, 4) is 11.6 Å². The maximum atomic E-state index is 5.86. The molecule has 0 spiro atoms. The van der Waals surface area contributed by atoms with E-state index in [9.17, 15) is 0 Å². The number of nitrogens with zero attached hydrogens (tertiary/aromatic N) is 1. The summed E-state index contributed by atoms with van der Waals surface area (Å²) in [7, 11) is 0. The Morgan fingerprint density at radius 2 is 2.05 bits per heavy atom. The third-order valence-electron chi connectivity index (χ3n) is 3.54. The molecule has 3 nitrogen and oxygen atoms in total. The maximum absolute atomic E-state index is 5.86. The molecule has 0 radical (unpaired) electrons. The standard InChI is InChI=1S/C17H20N2O/c1-2-14-5-3-4-6-16(14)20-17-10-7-13(12-19-17)11-18-15-8-9-15/h3-7,10,12,15,18H,2,8-9,11H2,1H3. The summed E-state index contributed by atoms with van der Waals surface area (Å²) < 4.78 is 5.86. The lowest BCUT2D eigenvalue weighted by molar-refractivity contribution is 0.457. The van der Waals surface area contributed by atoms with Crippen LogP contribution in [0.25, 0.3) is 0 Å². The van der Waals surface area contributed by atoms with Gasteiger partial charge in [0.05, 0.1) is 0 Å². The van der Waals surface area contributed by atoms with Crippen LogP contribution >= 0.6 is 0 Å². The summed E-state index contributed by atoms with van der Waals surface area (Å²) in [5.74, 6) is 1.55. The molecule has 0 saturated heterocycles. The van der Waals surface area contributed by atoms with Crippen LogP contribution in [0.15, 0.2) is 42.6 Å². The summed E-state index contributed by atoms with van der Waals surface area (Å²) in [5, 5.41) is 3.48. The van der Waals surface area contributed by atoms with Gasteiger partial charge in [0, 0.05) is 24.8 Å². The summed E-state index contributed by atoms with van der Waals surface area (Å²) in [4.78, 5) is 4.39. The van der Waals surface area contributed by atoms with E-state index >= 15 is 0 Å².